The van der Waals surface area contributed by atoms with Gasteiger partial charge in [0.25, 0.3) is 0 Å². The minimum Gasteiger partial charge on any atom is -0.328 e. The fourth-order valence-electron chi connectivity index (χ4n) is 2.88. The molecule has 0 saturated heterocycles. The van der Waals surface area contributed by atoms with Crippen molar-refractivity contribution in [1.29, 1.82) is 0 Å². The highest BCUT2D eigenvalue weighted by atomic mass is 14.7. The molecule has 1 aliphatic rings. The molecule has 1 aromatic rings. The van der Waals surface area contributed by atoms with Gasteiger partial charge in [-0.15, -0.1) is 0 Å². The van der Waals surface area contributed by atoms with E-state index in [4.69, 9.17) is 11.5 Å². The Balaban J connectivity index is 2.02. The lowest BCUT2D eigenvalue weighted by molar-refractivity contribution is 0.285. The van der Waals surface area contributed by atoms with Crippen LogP contribution in [-0.4, -0.2) is 6.04 Å². The van der Waals surface area contributed by atoms with E-state index in [9.17, 15) is 0 Å². The minimum absolute atomic E-state index is 0.179. The van der Waals surface area contributed by atoms with Crippen molar-refractivity contribution in [2.75, 3.05) is 0 Å². The molecule has 18 heavy (non-hydrogen) atoms. The molecular formula is C16H26N2. The SMILES string of the molecule is CC(C)c1ccc(C(N)C2CCC(N)CC2)cc1. The van der Waals surface area contributed by atoms with Gasteiger partial charge in [-0.1, -0.05) is 38.1 Å². The fraction of sp³-hybridized carbons (Fsp3) is 0.625. The summed E-state index contributed by atoms with van der Waals surface area (Å²) in [5.41, 5.74) is 15.0. The van der Waals surface area contributed by atoms with Gasteiger partial charge in [0, 0.05) is 12.1 Å². The van der Waals surface area contributed by atoms with Crippen LogP contribution in [0.15, 0.2) is 24.3 Å². The zero-order valence-corrected chi connectivity index (χ0v) is 11.6. The third-order valence-electron chi connectivity index (χ3n) is 4.31. The lowest BCUT2D eigenvalue weighted by Gasteiger charge is -2.30. The van der Waals surface area contributed by atoms with Gasteiger partial charge in [0.1, 0.15) is 0 Å². The van der Waals surface area contributed by atoms with Gasteiger partial charge in [0.15, 0.2) is 0 Å². The van der Waals surface area contributed by atoms with E-state index in [0.717, 1.165) is 12.8 Å². The van der Waals surface area contributed by atoms with E-state index in [1.165, 1.54) is 24.0 Å². The standard InChI is InChI=1S/C16H26N2/c1-11(2)12-3-5-13(6-4-12)16(18)14-7-9-15(17)10-8-14/h3-6,11,14-16H,7-10,17-18H2,1-2H3. The molecule has 1 aliphatic carbocycles. The molecule has 1 atom stereocenters. The molecule has 2 heteroatoms. The molecule has 1 saturated carbocycles. The summed E-state index contributed by atoms with van der Waals surface area (Å²) in [7, 11) is 0. The summed E-state index contributed by atoms with van der Waals surface area (Å²) in [5, 5.41) is 0. The van der Waals surface area contributed by atoms with Crippen LogP contribution in [0.25, 0.3) is 0 Å². The second-order valence-electron chi connectivity index (χ2n) is 6.02. The molecule has 0 bridgehead atoms. The van der Waals surface area contributed by atoms with Gasteiger partial charge < -0.3 is 11.5 Å². The molecule has 0 spiro atoms. The third-order valence-corrected chi connectivity index (χ3v) is 4.31. The van der Waals surface area contributed by atoms with Gasteiger partial charge >= 0.3 is 0 Å². The molecule has 1 unspecified atom stereocenters. The number of hydrogen-bond acceptors (Lipinski definition) is 2. The Hall–Kier alpha value is -0.860. The summed E-state index contributed by atoms with van der Waals surface area (Å²) in [4.78, 5) is 0. The first-order valence-corrected chi connectivity index (χ1v) is 7.19. The molecule has 0 aliphatic heterocycles. The maximum atomic E-state index is 6.40. The summed E-state index contributed by atoms with van der Waals surface area (Å²) in [5.74, 6) is 1.19. The van der Waals surface area contributed by atoms with Crippen LogP contribution in [-0.2, 0) is 0 Å². The van der Waals surface area contributed by atoms with Crippen molar-refractivity contribution in [3.63, 3.8) is 0 Å². The smallest absolute Gasteiger partial charge is 0.0323 e. The molecular weight excluding hydrogens is 220 g/mol. The van der Waals surface area contributed by atoms with Gasteiger partial charge in [-0.05, 0) is 48.6 Å². The molecule has 0 amide bonds. The van der Waals surface area contributed by atoms with Gasteiger partial charge in [-0.25, -0.2) is 0 Å². The monoisotopic (exact) mass is 246 g/mol. The van der Waals surface area contributed by atoms with Crippen LogP contribution in [0, 0.1) is 5.92 Å². The summed E-state index contributed by atoms with van der Waals surface area (Å²) in [6, 6.07) is 9.42. The summed E-state index contributed by atoms with van der Waals surface area (Å²) >= 11 is 0. The van der Waals surface area contributed by atoms with Crippen LogP contribution >= 0.6 is 0 Å². The highest BCUT2D eigenvalue weighted by Gasteiger charge is 2.24. The maximum Gasteiger partial charge on any atom is 0.0323 e. The number of hydrogen-bond donors (Lipinski definition) is 2. The Kier molecular flexibility index (Phi) is 4.41. The molecule has 0 aromatic heterocycles. The fourth-order valence-corrected chi connectivity index (χ4v) is 2.88. The second-order valence-corrected chi connectivity index (χ2v) is 6.02. The molecule has 0 radical (unpaired) electrons. The predicted octanol–water partition coefficient (Wildman–Crippen LogP) is 3.33. The normalized spacial score (nSPS) is 26.3. The number of benzene rings is 1. The Morgan fingerprint density at radius 3 is 1.94 bits per heavy atom. The van der Waals surface area contributed by atoms with Crippen LogP contribution in [0.4, 0.5) is 0 Å². The van der Waals surface area contributed by atoms with Crippen molar-refractivity contribution in [2.45, 2.75) is 57.5 Å². The van der Waals surface area contributed by atoms with Gasteiger partial charge in [-0.3, -0.25) is 0 Å². The van der Waals surface area contributed by atoms with Crippen LogP contribution in [0.2, 0.25) is 0 Å². The average Bonchev–Trinajstić information content (AvgIpc) is 2.39. The predicted molar refractivity (Wildman–Crippen MR) is 77.4 cm³/mol. The van der Waals surface area contributed by atoms with E-state index in [1.807, 2.05) is 0 Å². The van der Waals surface area contributed by atoms with Crippen molar-refractivity contribution in [3.8, 4) is 0 Å². The van der Waals surface area contributed by atoms with Gasteiger partial charge in [-0.2, -0.15) is 0 Å². The minimum atomic E-state index is 0.179. The van der Waals surface area contributed by atoms with Crippen molar-refractivity contribution in [2.24, 2.45) is 17.4 Å². The Morgan fingerprint density at radius 2 is 1.44 bits per heavy atom. The topological polar surface area (TPSA) is 52.0 Å². The van der Waals surface area contributed by atoms with E-state index in [1.54, 1.807) is 0 Å². The summed E-state index contributed by atoms with van der Waals surface area (Å²) in [6.45, 7) is 4.44. The first kappa shape index (κ1) is 13.6. The summed E-state index contributed by atoms with van der Waals surface area (Å²) in [6.07, 6.45) is 4.60. The van der Waals surface area contributed by atoms with Crippen LogP contribution in [0.5, 0.6) is 0 Å². The molecule has 2 rings (SSSR count). The maximum absolute atomic E-state index is 6.40. The van der Waals surface area contributed by atoms with Crippen molar-refractivity contribution in [1.82, 2.24) is 0 Å². The van der Waals surface area contributed by atoms with E-state index in [2.05, 4.69) is 38.1 Å². The van der Waals surface area contributed by atoms with Crippen LogP contribution in [0.1, 0.15) is 62.6 Å². The molecule has 2 nitrogen and oxygen atoms in total. The lowest BCUT2D eigenvalue weighted by atomic mass is 9.79. The Morgan fingerprint density at radius 1 is 0.944 bits per heavy atom. The van der Waals surface area contributed by atoms with Crippen LogP contribution in [0.3, 0.4) is 0 Å². The summed E-state index contributed by atoms with van der Waals surface area (Å²) < 4.78 is 0. The highest BCUT2D eigenvalue weighted by Crippen LogP contribution is 2.32. The second kappa shape index (κ2) is 5.85. The first-order chi connectivity index (χ1) is 8.58. The van der Waals surface area contributed by atoms with Gasteiger partial charge in [0.2, 0.25) is 0 Å². The first-order valence-electron chi connectivity index (χ1n) is 7.19. The quantitative estimate of drug-likeness (QED) is 0.859. The molecule has 1 fully saturated rings. The van der Waals surface area contributed by atoms with E-state index < -0.39 is 0 Å². The van der Waals surface area contributed by atoms with Gasteiger partial charge in [0.05, 0.1) is 0 Å². The lowest BCUT2D eigenvalue weighted by Crippen LogP contribution is -2.31. The van der Waals surface area contributed by atoms with Crippen LogP contribution < -0.4 is 11.5 Å². The number of rotatable bonds is 3. The van der Waals surface area contributed by atoms with Crippen molar-refractivity contribution >= 4 is 0 Å². The molecule has 4 N–H and O–H groups in total. The Bertz CT molecular complexity index is 361. The largest absolute Gasteiger partial charge is 0.328 e. The molecule has 1 aromatic carbocycles. The molecule has 100 valence electrons. The van der Waals surface area contributed by atoms with Crippen molar-refractivity contribution < 1.29 is 0 Å². The highest BCUT2D eigenvalue weighted by molar-refractivity contribution is 5.27. The average molecular weight is 246 g/mol. The van der Waals surface area contributed by atoms with E-state index in [-0.39, 0.29) is 6.04 Å². The number of nitrogens with two attached hydrogens (primary N) is 2. The molecule has 0 heterocycles. The van der Waals surface area contributed by atoms with Crippen molar-refractivity contribution in [3.05, 3.63) is 35.4 Å². The zero-order chi connectivity index (χ0) is 13.1. The Labute approximate surface area is 111 Å². The van der Waals surface area contributed by atoms with E-state index >= 15 is 0 Å². The van der Waals surface area contributed by atoms with E-state index in [0.29, 0.717) is 17.9 Å². The third kappa shape index (κ3) is 3.12. The zero-order valence-electron chi connectivity index (χ0n) is 11.6.